The highest BCUT2D eigenvalue weighted by molar-refractivity contribution is 5.73. The topological polar surface area (TPSA) is 70.1 Å². The first kappa shape index (κ1) is 16.1. The van der Waals surface area contributed by atoms with Gasteiger partial charge >= 0.3 is 12.1 Å². The molecule has 0 aromatic heterocycles. The Morgan fingerprint density at radius 2 is 1.95 bits per heavy atom. The van der Waals surface area contributed by atoms with Crippen LogP contribution in [0, 0.1) is 5.92 Å². The van der Waals surface area contributed by atoms with E-state index in [-0.39, 0.29) is 12.5 Å². The third-order valence-electron chi connectivity index (χ3n) is 4.20. The number of nitrogens with zero attached hydrogens (tertiary/aromatic N) is 2. The molecule has 2 rings (SSSR count). The van der Waals surface area contributed by atoms with E-state index in [0.29, 0.717) is 19.0 Å². The minimum atomic E-state index is -0.807. The van der Waals surface area contributed by atoms with Gasteiger partial charge in [-0.3, -0.25) is 9.69 Å². The van der Waals surface area contributed by atoms with E-state index < -0.39 is 17.1 Å². The summed E-state index contributed by atoms with van der Waals surface area (Å²) in [6, 6.07) is 0. The highest BCUT2D eigenvalue weighted by atomic mass is 16.6. The summed E-state index contributed by atoms with van der Waals surface area (Å²) in [6.07, 6.45) is 0.822. The molecule has 2 saturated heterocycles. The van der Waals surface area contributed by atoms with Crippen LogP contribution < -0.4 is 0 Å². The van der Waals surface area contributed by atoms with Crippen LogP contribution in [0.2, 0.25) is 0 Å². The van der Waals surface area contributed by atoms with Crippen molar-refractivity contribution in [3.63, 3.8) is 0 Å². The summed E-state index contributed by atoms with van der Waals surface area (Å²) >= 11 is 0. The molecule has 2 heterocycles. The fourth-order valence-corrected chi connectivity index (χ4v) is 3.19. The minimum Gasteiger partial charge on any atom is -0.481 e. The molecule has 0 spiro atoms. The Morgan fingerprint density at radius 1 is 1.33 bits per heavy atom. The van der Waals surface area contributed by atoms with Gasteiger partial charge in [0.2, 0.25) is 0 Å². The monoisotopic (exact) mass is 298 g/mol. The number of aliphatic carboxylic acids is 1. The maximum atomic E-state index is 12.0. The Balaban J connectivity index is 1.99. The van der Waals surface area contributed by atoms with Crippen molar-refractivity contribution in [1.82, 2.24) is 9.80 Å². The summed E-state index contributed by atoms with van der Waals surface area (Å²) in [7, 11) is 0. The van der Waals surface area contributed by atoms with Gasteiger partial charge < -0.3 is 14.7 Å². The molecule has 0 radical (unpaired) electrons. The lowest BCUT2D eigenvalue weighted by molar-refractivity contribution is -0.145. The number of carboxylic acid groups (broad SMARTS) is 1. The molecule has 1 unspecified atom stereocenters. The molecule has 6 heteroatoms. The van der Waals surface area contributed by atoms with Gasteiger partial charge in [0.1, 0.15) is 5.60 Å². The van der Waals surface area contributed by atoms with Crippen molar-refractivity contribution < 1.29 is 19.4 Å². The van der Waals surface area contributed by atoms with Crippen molar-refractivity contribution in [2.24, 2.45) is 5.92 Å². The molecular formula is C15H26N2O4. The van der Waals surface area contributed by atoms with Crippen LogP contribution in [0.3, 0.4) is 0 Å². The summed E-state index contributed by atoms with van der Waals surface area (Å²) in [5.41, 5.74) is -0.933. The number of rotatable bonds is 3. The zero-order valence-electron chi connectivity index (χ0n) is 13.4. The molecule has 120 valence electrons. The largest absolute Gasteiger partial charge is 0.481 e. The minimum absolute atomic E-state index is 0.0824. The van der Waals surface area contributed by atoms with Crippen LogP contribution in [-0.2, 0) is 9.53 Å². The molecule has 21 heavy (non-hydrogen) atoms. The molecule has 6 nitrogen and oxygen atoms in total. The summed E-state index contributed by atoms with van der Waals surface area (Å²) in [5.74, 6) is -0.218. The average molecular weight is 298 g/mol. The van der Waals surface area contributed by atoms with Gasteiger partial charge in [0.15, 0.2) is 0 Å². The fourth-order valence-electron chi connectivity index (χ4n) is 3.19. The third kappa shape index (κ3) is 3.67. The van der Waals surface area contributed by atoms with Gasteiger partial charge in [-0.1, -0.05) is 6.92 Å². The van der Waals surface area contributed by atoms with E-state index in [9.17, 15) is 14.7 Å². The Kier molecular flexibility index (Phi) is 4.19. The van der Waals surface area contributed by atoms with Crippen LogP contribution in [0.25, 0.3) is 0 Å². The number of likely N-dealkylation sites (tertiary alicyclic amines) is 2. The van der Waals surface area contributed by atoms with Crippen molar-refractivity contribution >= 4 is 12.1 Å². The van der Waals surface area contributed by atoms with Crippen LogP contribution >= 0.6 is 0 Å². The average Bonchev–Trinajstić information content (AvgIpc) is 2.66. The highest BCUT2D eigenvalue weighted by Gasteiger charge is 2.52. The maximum Gasteiger partial charge on any atom is 0.410 e. The Labute approximate surface area is 126 Å². The first-order valence-corrected chi connectivity index (χ1v) is 7.56. The van der Waals surface area contributed by atoms with Gasteiger partial charge in [-0.15, -0.1) is 0 Å². The second-order valence-corrected chi connectivity index (χ2v) is 7.47. The fraction of sp³-hybridized carbons (Fsp3) is 0.867. The second-order valence-electron chi connectivity index (χ2n) is 7.47. The smallest absolute Gasteiger partial charge is 0.410 e. The van der Waals surface area contributed by atoms with E-state index in [1.54, 1.807) is 4.90 Å². The first-order chi connectivity index (χ1) is 9.61. The zero-order valence-corrected chi connectivity index (χ0v) is 13.4. The number of carboxylic acids is 1. The van der Waals surface area contributed by atoms with Gasteiger partial charge in [-0.25, -0.2) is 4.79 Å². The van der Waals surface area contributed by atoms with Crippen LogP contribution in [-0.4, -0.2) is 64.3 Å². The van der Waals surface area contributed by atoms with Crippen LogP contribution in [0.15, 0.2) is 0 Å². The van der Waals surface area contributed by atoms with Gasteiger partial charge in [-0.2, -0.15) is 0 Å². The van der Waals surface area contributed by atoms with E-state index in [0.717, 1.165) is 19.5 Å². The molecule has 2 aliphatic rings. The lowest BCUT2D eigenvalue weighted by Crippen LogP contribution is -2.71. The van der Waals surface area contributed by atoms with Gasteiger partial charge in [0, 0.05) is 19.6 Å². The molecule has 0 bridgehead atoms. The summed E-state index contributed by atoms with van der Waals surface area (Å²) in [5, 5.41) is 9.19. The third-order valence-corrected chi connectivity index (χ3v) is 4.20. The van der Waals surface area contributed by atoms with Crippen molar-refractivity contribution in [3.8, 4) is 0 Å². The highest BCUT2D eigenvalue weighted by Crippen LogP contribution is 2.36. The van der Waals surface area contributed by atoms with Crippen LogP contribution in [0.1, 0.15) is 40.5 Å². The van der Waals surface area contributed by atoms with Crippen molar-refractivity contribution in [2.45, 2.75) is 51.7 Å². The molecule has 0 aromatic rings. The van der Waals surface area contributed by atoms with E-state index in [4.69, 9.17) is 4.74 Å². The Morgan fingerprint density at radius 3 is 2.38 bits per heavy atom. The molecular weight excluding hydrogens is 272 g/mol. The quantitative estimate of drug-likeness (QED) is 0.860. The van der Waals surface area contributed by atoms with Crippen molar-refractivity contribution in [1.29, 1.82) is 0 Å². The number of carbonyl (C=O) groups is 2. The second kappa shape index (κ2) is 5.48. The lowest BCUT2D eigenvalue weighted by Gasteiger charge is -2.54. The maximum absolute atomic E-state index is 12.0. The summed E-state index contributed by atoms with van der Waals surface area (Å²) < 4.78 is 5.34. The molecule has 2 aliphatic heterocycles. The van der Waals surface area contributed by atoms with Crippen LogP contribution in [0.4, 0.5) is 4.79 Å². The molecule has 1 atom stereocenters. The Bertz CT molecular complexity index is 424. The Hall–Kier alpha value is -1.30. The molecule has 1 N–H and O–H groups in total. The predicted octanol–water partition coefficient (Wildman–Crippen LogP) is 1.79. The van der Waals surface area contributed by atoms with E-state index in [1.807, 2.05) is 20.8 Å². The number of hydrogen-bond donors (Lipinski definition) is 1. The van der Waals surface area contributed by atoms with E-state index >= 15 is 0 Å². The standard InChI is InChI=1S/C15H26N2O4/c1-11-5-6-17(8-11)15(7-12(18)19)9-16(10-15)13(20)21-14(2,3)4/h11H,5-10H2,1-4H3,(H,18,19). The summed E-state index contributed by atoms with van der Waals surface area (Å²) in [6.45, 7) is 10.4. The van der Waals surface area contributed by atoms with Crippen molar-refractivity contribution in [2.75, 3.05) is 26.2 Å². The van der Waals surface area contributed by atoms with Crippen LogP contribution in [0.5, 0.6) is 0 Å². The summed E-state index contributed by atoms with van der Waals surface area (Å²) in [4.78, 5) is 27.1. The molecule has 1 amide bonds. The number of ether oxygens (including phenoxy) is 1. The molecule has 0 aromatic carbocycles. The van der Waals surface area contributed by atoms with E-state index in [2.05, 4.69) is 11.8 Å². The molecule has 0 saturated carbocycles. The first-order valence-electron chi connectivity index (χ1n) is 7.56. The van der Waals surface area contributed by atoms with Crippen molar-refractivity contribution in [3.05, 3.63) is 0 Å². The zero-order chi connectivity index (χ0) is 15.8. The van der Waals surface area contributed by atoms with Gasteiger partial charge in [-0.05, 0) is 39.7 Å². The van der Waals surface area contributed by atoms with Gasteiger partial charge in [0.25, 0.3) is 0 Å². The lowest BCUT2D eigenvalue weighted by atomic mass is 9.84. The number of amides is 1. The van der Waals surface area contributed by atoms with Gasteiger partial charge in [0.05, 0.1) is 12.0 Å². The predicted molar refractivity (Wildman–Crippen MR) is 78.1 cm³/mol. The normalized spacial score (nSPS) is 25.5. The number of carbonyl (C=O) groups excluding carboxylic acids is 1. The molecule has 2 fully saturated rings. The molecule has 0 aliphatic carbocycles. The SMILES string of the molecule is CC1CCN(C2(CC(=O)O)CN(C(=O)OC(C)(C)C)C2)C1. The van der Waals surface area contributed by atoms with E-state index in [1.165, 1.54) is 0 Å². The number of hydrogen-bond acceptors (Lipinski definition) is 4.